The third-order valence-corrected chi connectivity index (χ3v) is 3.10. The SMILES string of the molecule is COC(=O)c1ccc(C)c(NC(=O)COc2cccc(F)c2)c1. The van der Waals surface area contributed by atoms with Crippen molar-refractivity contribution in [2.75, 3.05) is 19.0 Å². The number of carbonyl (C=O) groups is 2. The van der Waals surface area contributed by atoms with Gasteiger partial charge in [-0.25, -0.2) is 9.18 Å². The molecular formula is C17H16FNO4. The molecule has 2 aromatic carbocycles. The van der Waals surface area contributed by atoms with Crippen LogP contribution < -0.4 is 10.1 Å². The number of nitrogens with one attached hydrogen (secondary N) is 1. The number of aryl methyl sites for hydroxylation is 1. The van der Waals surface area contributed by atoms with Crippen molar-refractivity contribution >= 4 is 17.6 Å². The van der Waals surface area contributed by atoms with Crippen LogP contribution in [-0.4, -0.2) is 25.6 Å². The summed E-state index contributed by atoms with van der Waals surface area (Å²) < 4.78 is 22.9. The Bertz CT molecular complexity index is 730. The van der Waals surface area contributed by atoms with Crippen LogP contribution in [0.15, 0.2) is 42.5 Å². The number of esters is 1. The zero-order valence-corrected chi connectivity index (χ0v) is 12.8. The Morgan fingerprint density at radius 1 is 1.17 bits per heavy atom. The van der Waals surface area contributed by atoms with Crippen molar-refractivity contribution in [1.82, 2.24) is 0 Å². The molecule has 0 saturated carbocycles. The molecule has 1 amide bonds. The van der Waals surface area contributed by atoms with Gasteiger partial charge in [-0.1, -0.05) is 12.1 Å². The van der Waals surface area contributed by atoms with Crippen molar-refractivity contribution in [2.24, 2.45) is 0 Å². The van der Waals surface area contributed by atoms with E-state index in [0.717, 1.165) is 5.56 Å². The average molecular weight is 317 g/mol. The molecule has 0 aromatic heterocycles. The Morgan fingerprint density at radius 2 is 1.96 bits per heavy atom. The minimum atomic E-state index is -0.489. The van der Waals surface area contributed by atoms with Gasteiger partial charge < -0.3 is 14.8 Å². The highest BCUT2D eigenvalue weighted by atomic mass is 19.1. The molecule has 23 heavy (non-hydrogen) atoms. The second-order valence-corrected chi connectivity index (χ2v) is 4.82. The summed E-state index contributed by atoms with van der Waals surface area (Å²) in [6, 6.07) is 10.4. The molecule has 2 aromatic rings. The zero-order valence-electron chi connectivity index (χ0n) is 12.8. The molecule has 2 rings (SSSR count). The largest absolute Gasteiger partial charge is 0.484 e. The van der Waals surface area contributed by atoms with Gasteiger partial charge >= 0.3 is 5.97 Å². The number of anilines is 1. The van der Waals surface area contributed by atoms with Gasteiger partial charge in [0.2, 0.25) is 0 Å². The molecule has 0 aliphatic rings. The Balaban J connectivity index is 2.01. The maximum atomic E-state index is 13.0. The molecule has 6 heteroatoms. The van der Waals surface area contributed by atoms with Crippen LogP contribution in [0, 0.1) is 12.7 Å². The van der Waals surface area contributed by atoms with Crippen LogP contribution in [0.2, 0.25) is 0 Å². The Kier molecular flexibility index (Phi) is 5.30. The number of benzene rings is 2. The monoisotopic (exact) mass is 317 g/mol. The first kappa shape index (κ1) is 16.5. The molecule has 0 bridgehead atoms. The normalized spacial score (nSPS) is 10.0. The fourth-order valence-electron chi connectivity index (χ4n) is 1.89. The van der Waals surface area contributed by atoms with Crippen molar-refractivity contribution in [1.29, 1.82) is 0 Å². The summed E-state index contributed by atoms with van der Waals surface area (Å²) in [5.41, 5.74) is 1.61. The van der Waals surface area contributed by atoms with E-state index < -0.39 is 17.7 Å². The number of hydrogen-bond donors (Lipinski definition) is 1. The predicted octanol–water partition coefficient (Wildman–Crippen LogP) is 2.94. The number of amides is 1. The van der Waals surface area contributed by atoms with Crippen LogP contribution in [0.3, 0.4) is 0 Å². The lowest BCUT2D eigenvalue weighted by Gasteiger charge is -2.11. The molecule has 0 unspecified atom stereocenters. The van der Waals surface area contributed by atoms with Crippen LogP contribution >= 0.6 is 0 Å². The number of ether oxygens (including phenoxy) is 2. The molecule has 0 aliphatic heterocycles. The lowest BCUT2D eigenvalue weighted by Crippen LogP contribution is -2.21. The molecule has 0 aliphatic carbocycles. The number of carbonyl (C=O) groups excluding carboxylic acids is 2. The predicted molar refractivity (Wildman–Crippen MR) is 83.0 cm³/mol. The van der Waals surface area contributed by atoms with E-state index in [2.05, 4.69) is 10.1 Å². The van der Waals surface area contributed by atoms with Gasteiger partial charge in [0.1, 0.15) is 11.6 Å². The minimum Gasteiger partial charge on any atom is -0.484 e. The molecule has 0 saturated heterocycles. The molecule has 0 fully saturated rings. The van der Waals surface area contributed by atoms with E-state index in [-0.39, 0.29) is 12.4 Å². The quantitative estimate of drug-likeness (QED) is 0.861. The molecule has 0 spiro atoms. The summed E-state index contributed by atoms with van der Waals surface area (Å²) in [6.45, 7) is 1.52. The average Bonchev–Trinajstić information content (AvgIpc) is 2.54. The Labute approximate surface area is 133 Å². The van der Waals surface area contributed by atoms with Crippen molar-refractivity contribution in [3.63, 3.8) is 0 Å². The Hall–Kier alpha value is -2.89. The van der Waals surface area contributed by atoms with Gasteiger partial charge in [-0.3, -0.25) is 4.79 Å². The van der Waals surface area contributed by atoms with Crippen LogP contribution in [0.25, 0.3) is 0 Å². The highest BCUT2D eigenvalue weighted by molar-refractivity contribution is 5.95. The van der Waals surface area contributed by atoms with E-state index in [1.165, 1.54) is 31.4 Å². The van der Waals surface area contributed by atoms with Gasteiger partial charge in [0, 0.05) is 11.8 Å². The summed E-state index contributed by atoms with van der Waals surface area (Å²) in [5, 5.41) is 2.65. The number of hydrogen-bond acceptors (Lipinski definition) is 4. The highest BCUT2D eigenvalue weighted by Gasteiger charge is 2.11. The fraction of sp³-hybridized carbons (Fsp3) is 0.176. The second-order valence-electron chi connectivity index (χ2n) is 4.82. The summed E-state index contributed by atoms with van der Waals surface area (Å²) in [6.07, 6.45) is 0. The maximum absolute atomic E-state index is 13.0. The standard InChI is InChI=1S/C17H16FNO4/c1-11-6-7-12(17(21)22-2)8-15(11)19-16(20)10-23-14-5-3-4-13(18)9-14/h3-9H,10H2,1-2H3,(H,19,20). The first-order chi connectivity index (χ1) is 11.0. The molecule has 1 N–H and O–H groups in total. The fourth-order valence-corrected chi connectivity index (χ4v) is 1.89. The van der Waals surface area contributed by atoms with Crippen LogP contribution in [0.4, 0.5) is 10.1 Å². The second kappa shape index (κ2) is 7.40. The van der Waals surface area contributed by atoms with E-state index in [1.807, 2.05) is 0 Å². The van der Waals surface area contributed by atoms with E-state index in [4.69, 9.17) is 4.74 Å². The summed E-state index contributed by atoms with van der Waals surface area (Å²) in [5.74, 6) is -1.08. The topological polar surface area (TPSA) is 64.6 Å². The molecule has 0 heterocycles. The summed E-state index contributed by atoms with van der Waals surface area (Å²) in [7, 11) is 1.28. The van der Waals surface area contributed by atoms with Crippen LogP contribution in [0.5, 0.6) is 5.75 Å². The third kappa shape index (κ3) is 4.54. The van der Waals surface area contributed by atoms with Crippen molar-refractivity contribution in [2.45, 2.75) is 6.92 Å². The first-order valence-corrected chi connectivity index (χ1v) is 6.87. The van der Waals surface area contributed by atoms with Crippen LogP contribution in [-0.2, 0) is 9.53 Å². The zero-order chi connectivity index (χ0) is 16.8. The van der Waals surface area contributed by atoms with Crippen molar-refractivity contribution in [3.8, 4) is 5.75 Å². The van der Waals surface area contributed by atoms with Gasteiger partial charge in [-0.15, -0.1) is 0 Å². The van der Waals surface area contributed by atoms with E-state index in [9.17, 15) is 14.0 Å². The highest BCUT2D eigenvalue weighted by Crippen LogP contribution is 2.18. The van der Waals surface area contributed by atoms with Crippen LogP contribution in [0.1, 0.15) is 15.9 Å². The number of methoxy groups -OCH3 is 1. The summed E-state index contributed by atoms with van der Waals surface area (Å²) >= 11 is 0. The first-order valence-electron chi connectivity index (χ1n) is 6.87. The molecule has 0 radical (unpaired) electrons. The minimum absolute atomic E-state index is 0.264. The number of rotatable bonds is 5. The van der Waals surface area contributed by atoms with E-state index in [1.54, 1.807) is 25.1 Å². The van der Waals surface area contributed by atoms with Gasteiger partial charge in [-0.05, 0) is 36.8 Å². The van der Waals surface area contributed by atoms with Crippen molar-refractivity contribution in [3.05, 3.63) is 59.4 Å². The van der Waals surface area contributed by atoms with E-state index in [0.29, 0.717) is 11.3 Å². The summed E-state index contributed by atoms with van der Waals surface area (Å²) in [4.78, 5) is 23.4. The molecular weight excluding hydrogens is 301 g/mol. The maximum Gasteiger partial charge on any atom is 0.337 e. The lowest BCUT2D eigenvalue weighted by atomic mass is 10.1. The smallest absolute Gasteiger partial charge is 0.337 e. The third-order valence-electron chi connectivity index (χ3n) is 3.10. The molecule has 0 atom stereocenters. The molecule has 120 valence electrons. The van der Waals surface area contributed by atoms with Gasteiger partial charge in [0.25, 0.3) is 5.91 Å². The molecule has 5 nitrogen and oxygen atoms in total. The van der Waals surface area contributed by atoms with Gasteiger partial charge in [-0.2, -0.15) is 0 Å². The Morgan fingerprint density at radius 3 is 2.65 bits per heavy atom. The van der Waals surface area contributed by atoms with E-state index >= 15 is 0 Å². The number of halogens is 1. The lowest BCUT2D eigenvalue weighted by molar-refractivity contribution is -0.118. The van der Waals surface area contributed by atoms with Gasteiger partial charge in [0.05, 0.1) is 12.7 Å². The van der Waals surface area contributed by atoms with Crippen molar-refractivity contribution < 1.29 is 23.5 Å². The van der Waals surface area contributed by atoms with Gasteiger partial charge in [0.15, 0.2) is 6.61 Å².